The van der Waals surface area contributed by atoms with Crippen LogP contribution in [0.1, 0.15) is 0 Å². The zero-order chi connectivity index (χ0) is 8.78. The smallest absolute Gasteiger partial charge is 0.450 e. The molecule has 1 N–H and O–H groups in total. The second kappa shape index (κ2) is 6.18. The molecule has 0 saturated heterocycles. The first-order chi connectivity index (χ1) is 4.42. The minimum Gasteiger partial charge on any atom is -0.450 e. The standard InChI is InChI=1S/C2HBr3O3.C2H4/c3-2(4,5)8-1(6)7;1-2/h(H,6,7);1-2H2. The van der Waals surface area contributed by atoms with Crippen LogP contribution < -0.4 is 0 Å². The molecule has 0 atom stereocenters. The van der Waals surface area contributed by atoms with Crippen LogP contribution in [0.25, 0.3) is 0 Å². The highest BCUT2D eigenvalue weighted by molar-refractivity contribution is 9.39. The van der Waals surface area contributed by atoms with Crippen LogP contribution in [0.4, 0.5) is 4.79 Å². The van der Waals surface area contributed by atoms with E-state index in [1.54, 1.807) is 0 Å². The molecule has 3 nitrogen and oxygen atoms in total. The quantitative estimate of drug-likeness (QED) is 0.418. The van der Waals surface area contributed by atoms with Gasteiger partial charge < -0.3 is 9.84 Å². The zero-order valence-corrected chi connectivity index (χ0v) is 9.57. The molecule has 0 fully saturated rings. The maximum absolute atomic E-state index is 9.70. The first kappa shape index (κ1) is 13.1. The molecule has 6 heteroatoms. The Kier molecular flexibility index (Phi) is 8.08. The molecule has 0 rings (SSSR count). The molecule has 0 aromatic rings. The van der Waals surface area contributed by atoms with Crippen molar-refractivity contribution in [3.8, 4) is 0 Å². The lowest BCUT2D eigenvalue weighted by Gasteiger charge is -2.08. The predicted molar refractivity (Wildman–Crippen MR) is 49.9 cm³/mol. The summed E-state index contributed by atoms with van der Waals surface area (Å²) in [6.45, 7) is 6.00. The molecule has 0 aromatic heterocycles. The highest BCUT2D eigenvalue weighted by Gasteiger charge is 2.21. The number of ether oxygens (including phenoxy) is 1. The molecule has 60 valence electrons. The Morgan fingerprint density at radius 1 is 1.40 bits per heavy atom. The first-order valence-electron chi connectivity index (χ1n) is 1.90. The Bertz CT molecular complexity index is 109. The minimum atomic E-state index is -1.37. The molecule has 0 amide bonds. The van der Waals surface area contributed by atoms with Gasteiger partial charge in [0.25, 0.3) is 2.33 Å². The summed E-state index contributed by atoms with van der Waals surface area (Å²) in [7, 11) is 0. The Morgan fingerprint density at radius 2 is 1.70 bits per heavy atom. The van der Waals surface area contributed by atoms with Gasteiger partial charge in [-0.05, 0) is 47.8 Å². The lowest BCUT2D eigenvalue weighted by Crippen LogP contribution is -2.11. The minimum absolute atomic E-state index is 1.14. The molecule has 0 unspecified atom stereocenters. The van der Waals surface area contributed by atoms with E-state index >= 15 is 0 Å². The normalized spacial score (nSPS) is 9.10. The van der Waals surface area contributed by atoms with Gasteiger partial charge in [0.1, 0.15) is 0 Å². The largest absolute Gasteiger partial charge is 0.508 e. The van der Waals surface area contributed by atoms with Crippen molar-refractivity contribution in [3.05, 3.63) is 13.2 Å². The van der Waals surface area contributed by atoms with Crippen molar-refractivity contribution in [2.75, 3.05) is 0 Å². The number of hydrogen-bond donors (Lipinski definition) is 1. The lowest BCUT2D eigenvalue weighted by molar-refractivity contribution is 0.0993. The topological polar surface area (TPSA) is 46.5 Å². The second-order valence-electron chi connectivity index (χ2n) is 0.814. The summed E-state index contributed by atoms with van der Waals surface area (Å²) in [6, 6.07) is 0. The van der Waals surface area contributed by atoms with Gasteiger partial charge in [-0.1, -0.05) is 0 Å². The van der Waals surface area contributed by atoms with Gasteiger partial charge >= 0.3 is 6.16 Å². The maximum atomic E-state index is 9.70. The van der Waals surface area contributed by atoms with E-state index in [0.717, 1.165) is 0 Å². The van der Waals surface area contributed by atoms with E-state index < -0.39 is 8.48 Å². The van der Waals surface area contributed by atoms with Gasteiger partial charge in [0.15, 0.2) is 0 Å². The Labute approximate surface area is 83.8 Å². The number of carboxylic acid groups (broad SMARTS) is 1. The van der Waals surface area contributed by atoms with E-state index in [2.05, 4.69) is 65.7 Å². The van der Waals surface area contributed by atoms with E-state index in [9.17, 15) is 4.79 Å². The SMILES string of the molecule is C=C.O=C(O)OC(Br)(Br)Br. The summed E-state index contributed by atoms with van der Waals surface area (Å²) in [5.41, 5.74) is 0. The molecular formula is C4H5Br3O3. The van der Waals surface area contributed by atoms with Crippen LogP contribution in [0.5, 0.6) is 0 Å². The van der Waals surface area contributed by atoms with E-state index in [1.165, 1.54) is 0 Å². The van der Waals surface area contributed by atoms with Crippen molar-refractivity contribution in [1.29, 1.82) is 0 Å². The molecule has 0 aliphatic rings. The fourth-order valence-corrected chi connectivity index (χ4v) is 0.514. The summed E-state index contributed by atoms with van der Waals surface area (Å²) < 4.78 is 2.96. The van der Waals surface area contributed by atoms with Crippen molar-refractivity contribution >= 4 is 53.9 Å². The molecule has 0 radical (unpaired) electrons. The zero-order valence-electron chi connectivity index (χ0n) is 4.81. The molecule has 0 heterocycles. The average Bonchev–Trinajstić information content (AvgIpc) is 1.64. The highest BCUT2D eigenvalue weighted by atomic mass is 80.0. The number of halogens is 3. The second-order valence-corrected chi connectivity index (χ2v) is 7.36. The molecule has 0 aromatic carbocycles. The highest BCUT2D eigenvalue weighted by Crippen LogP contribution is 2.34. The van der Waals surface area contributed by atoms with Crippen molar-refractivity contribution in [1.82, 2.24) is 0 Å². The van der Waals surface area contributed by atoms with Crippen LogP contribution in [0, 0.1) is 0 Å². The number of alkyl halides is 3. The van der Waals surface area contributed by atoms with Crippen LogP contribution >= 0.6 is 47.8 Å². The number of rotatable bonds is 0. The molecular weight excluding hydrogens is 336 g/mol. The van der Waals surface area contributed by atoms with Crippen LogP contribution in [-0.4, -0.2) is 13.6 Å². The monoisotopic (exact) mass is 338 g/mol. The Hall–Kier alpha value is 0.450. The third-order valence-electron chi connectivity index (χ3n) is 0.203. The number of hydrogen-bond acceptors (Lipinski definition) is 2. The van der Waals surface area contributed by atoms with Gasteiger partial charge in [0, 0.05) is 0 Å². The lowest BCUT2D eigenvalue weighted by atomic mass is 11.3. The van der Waals surface area contributed by atoms with Gasteiger partial charge in [0.2, 0.25) is 0 Å². The summed E-state index contributed by atoms with van der Waals surface area (Å²) in [6.07, 6.45) is -1.37. The van der Waals surface area contributed by atoms with Gasteiger partial charge in [-0.2, -0.15) is 0 Å². The van der Waals surface area contributed by atoms with Crippen LogP contribution in [0.15, 0.2) is 13.2 Å². The van der Waals surface area contributed by atoms with Crippen LogP contribution in [-0.2, 0) is 4.74 Å². The molecule has 10 heavy (non-hydrogen) atoms. The van der Waals surface area contributed by atoms with Gasteiger partial charge in [-0.3, -0.25) is 0 Å². The van der Waals surface area contributed by atoms with Gasteiger partial charge in [-0.25, -0.2) is 4.79 Å². The maximum Gasteiger partial charge on any atom is 0.508 e. The molecule has 0 saturated carbocycles. The van der Waals surface area contributed by atoms with Crippen molar-refractivity contribution < 1.29 is 14.6 Å². The first-order valence-corrected chi connectivity index (χ1v) is 4.28. The van der Waals surface area contributed by atoms with Crippen molar-refractivity contribution in [3.63, 3.8) is 0 Å². The number of carbonyl (C=O) groups is 1. The van der Waals surface area contributed by atoms with Crippen molar-refractivity contribution in [2.24, 2.45) is 0 Å². The van der Waals surface area contributed by atoms with Crippen LogP contribution in [0.2, 0.25) is 0 Å². The molecule has 0 aliphatic carbocycles. The summed E-state index contributed by atoms with van der Waals surface area (Å²) in [4.78, 5) is 9.70. The average molecular weight is 341 g/mol. The third kappa shape index (κ3) is 15.8. The van der Waals surface area contributed by atoms with Gasteiger partial charge in [-0.15, -0.1) is 13.2 Å². The fraction of sp³-hybridized carbons (Fsp3) is 0.250. The van der Waals surface area contributed by atoms with Gasteiger partial charge in [0.05, 0.1) is 0 Å². The summed E-state index contributed by atoms with van der Waals surface area (Å²) in [5, 5.41) is 7.94. The van der Waals surface area contributed by atoms with E-state index in [1.807, 2.05) is 0 Å². The molecule has 0 spiro atoms. The Balaban J connectivity index is 0. The summed E-state index contributed by atoms with van der Waals surface area (Å²) >= 11 is 8.43. The third-order valence-corrected chi connectivity index (χ3v) is 0.689. The Morgan fingerprint density at radius 3 is 1.70 bits per heavy atom. The predicted octanol–water partition coefficient (Wildman–Crippen LogP) is 3.28. The van der Waals surface area contributed by atoms with Crippen LogP contribution in [0.3, 0.4) is 0 Å². The molecule has 0 bridgehead atoms. The fourth-order valence-electron chi connectivity index (χ4n) is 0.0990. The van der Waals surface area contributed by atoms with E-state index in [0.29, 0.717) is 0 Å². The summed E-state index contributed by atoms with van der Waals surface area (Å²) in [5.74, 6) is 0. The van der Waals surface area contributed by atoms with Crippen molar-refractivity contribution in [2.45, 2.75) is 2.33 Å². The van der Waals surface area contributed by atoms with E-state index in [4.69, 9.17) is 5.11 Å². The molecule has 0 aliphatic heterocycles. The van der Waals surface area contributed by atoms with E-state index in [-0.39, 0.29) is 0 Å².